The number of hydrogen-bond acceptors (Lipinski definition) is 2. The monoisotopic (exact) mass is 284 g/mol. The van der Waals surface area contributed by atoms with Crippen LogP contribution < -0.4 is 5.32 Å². The molecular formula is C19H28N2. The van der Waals surface area contributed by atoms with Gasteiger partial charge in [0, 0.05) is 11.9 Å². The van der Waals surface area contributed by atoms with Crippen molar-refractivity contribution in [2.75, 3.05) is 11.9 Å². The quantitative estimate of drug-likeness (QED) is 0.805. The summed E-state index contributed by atoms with van der Waals surface area (Å²) in [6, 6.07) is 8.98. The summed E-state index contributed by atoms with van der Waals surface area (Å²) in [6.07, 6.45) is 3.34. The van der Waals surface area contributed by atoms with Gasteiger partial charge < -0.3 is 5.32 Å². The summed E-state index contributed by atoms with van der Waals surface area (Å²) in [7, 11) is 0. The van der Waals surface area contributed by atoms with Gasteiger partial charge in [-0.3, -0.25) is 0 Å². The van der Waals surface area contributed by atoms with Crippen molar-refractivity contribution in [2.24, 2.45) is 0 Å². The van der Waals surface area contributed by atoms with Crippen molar-refractivity contribution in [2.45, 2.75) is 59.3 Å². The molecule has 2 rings (SSSR count). The molecule has 0 bridgehead atoms. The van der Waals surface area contributed by atoms with Gasteiger partial charge in [0.15, 0.2) is 0 Å². The molecule has 0 unspecified atom stereocenters. The van der Waals surface area contributed by atoms with Gasteiger partial charge in [-0.05, 0) is 47.6 Å². The highest BCUT2D eigenvalue weighted by atomic mass is 15.0. The zero-order valence-electron chi connectivity index (χ0n) is 14.1. The third kappa shape index (κ3) is 3.75. The van der Waals surface area contributed by atoms with E-state index in [2.05, 4.69) is 64.2 Å². The lowest BCUT2D eigenvalue weighted by Gasteiger charge is -2.20. The zero-order chi connectivity index (χ0) is 15.5. The van der Waals surface area contributed by atoms with Gasteiger partial charge in [-0.25, -0.2) is 4.98 Å². The highest BCUT2D eigenvalue weighted by molar-refractivity contribution is 5.82. The molecule has 0 atom stereocenters. The molecular weight excluding hydrogens is 256 g/mol. The summed E-state index contributed by atoms with van der Waals surface area (Å²) < 4.78 is 0. The van der Waals surface area contributed by atoms with Gasteiger partial charge in [0.2, 0.25) is 0 Å². The molecule has 0 amide bonds. The number of anilines is 1. The van der Waals surface area contributed by atoms with Crippen LogP contribution in [-0.2, 0) is 11.8 Å². The highest BCUT2D eigenvalue weighted by Gasteiger charge is 2.15. The van der Waals surface area contributed by atoms with Crippen LogP contribution in [0.15, 0.2) is 24.3 Å². The third-order valence-electron chi connectivity index (χ3n) is 3.82. The molecule has 2 aromatic rings. The van der Waals surface area contributed by atoms with Crippen LogP contribution in [0.2, 0.25) is 0 Å². The van der Waals surface area contributed by atoms with Crippen molar-refractivity contribution in [3.05, 3.63) is 35.4 Å². The van der Waals surface area contributed by atoms with E-state index >= 15 is 0 Å². The molecule has 2 nitrogen and oxygen atoms in total. The second-order valence-electron chi connectivity index (χ2n) is 6.83. The van der Waals surface area contributed by atoms with E-state index in [1.165, 1.54) is 16.5 Å². The molecule has 0 spiro atoms. The van der Waals surface area contributed by atoms with Crippen LogP contribution in [0, 0.1) is 0 Å². The normalized spacial score (nSPS) is 11.9. The first kappa shape index (κ1) is 15.8. The molecule has 1 N–H and O–H groups in total. The summed E-state index contributed by atoms with van der Waals surface area (Å²) in [5.41, 5.74) is 3.97. The molecule has 0 saturated carbocycles. The lowest BCUT2D eigenvalue weighted by molar-refractivity contribution is 0.591. The maximum atomic E-state index is 4.84. The summed E-state index contributed by atoms with van der Waals surface area (Å²) in [4.78, 5) is 4.84. The fraction of sp³-hybridized carbons (Fsp3) is 0.526. The SMILES string of the molecule is CCCNc1nc2ccc(C(C)(C)C)cc2cc1CCC. The predicted molar refractivity (Wildman–Crippen MR) is 93.2 cm³/mol. The Morgan fingerprint density at radius 3 is 2.43 bits per heavy atom. The van der Waals surface area contributed by atoms with Crippen LogP contribution in [0.25, 0.3) is 10.9 Å². The van der Waals surface area contributed by atoms with Crippen LogP contribution in [0.5, 0.6) is 0 Å². The molecule has 0 aliphatic rings. The molecule has 0 fully saturated rings. The van der Waals surface area contributed by atoms with Gasteiger partial charge in [-0.15, -0.1) is 0 Å². The van der Waals surface area contributed by atoms with Gasteiger partial charge in [0.05, 0.1) is 5.52 Å². The minimum absolute atomic E-state index is 0.179. The van der Waals surface area contributed by atoms with Crippen molar-refractivity contribution < 1.29 is 0 Å². The number of nitrogens with zero attached hydrogens (tertiary/aromatic N) is 1. The number of rotatable bonds is 5. The average molecular weight is 284 g/mol. The number of fused-ring (bicyclic) bond motifs is 1. The highest BCUT2D eigenvalue weighted by Crippen LogP contribution is 2.28. The number of aromatic nitrogens is 1. The zero-order valence-corrected chi connectivity index (χ0v) is 14.1. The van der Waals surface area contributed by atoms with Gasteiger partial charge in [-0.1, -0.05) is 47.1 Å². The molecule has 0 saturated heterocycles. The van der Waals surface area contributed by atoms with E-state index in [0.717, 1.165) is 37.1 Å². The molecule has 2 heteroatoms. The first-order chi connectivity index (χ1) is 9.95. The van der Waals surface area contributed by atoms with E-state index in [1.807, 2.05) is 0 Å². The van der Waals surface area contributed by atoms with E-state index in [0.29, 0.717) is 0 Å². The second-order valence-corrected chi connectivity index (χ2v) is 6.83. The van der Waals surface area contributed by atoms with Crippen LogP contribution in [-0.4, -0.2) is 11.5 Å². The summed E-state index contributed by atoms with van der Waals surface area (Å²) in [5, 5.41) is 4.73. The van der Waals surface area contributed by atoms with Gasteiger partial charge in [0.25, 0.3) is 0 Å². The predicted octanol–water partition coefficient (Wildman–Crippen LogP) is 5.31. The van der Waals surface area contributed by atoms with Crippen LogP contribution in [0.3, 0.4) is 0 Å². The Morgan fingerprint density at radius 1 is 1.05 bits per heavy atom. The Bertz CT molecular complexity index is 609. The molecule has 1 aromatic carbocycles. The van der Waals surface area contributed by atoms with E-state index in [-0.39, 0.29) is 5.41 Å². The Labute approximate surface area is 129 Å². The molecule has 114 valence electrons. The van der Waals surface area contributed by atoms with E-state index in [4.69, 9.17) is 4.98 Å². The van der Waals surface area contributed by atoms with Gasteiger partial charge >= 0.3 is 0 Å². The van der Waals surface area contributed by atoms with Crippen LogP contribution >= 0.6 is 0 Å². The largest absolute Gasteiger partial charge is 0.370 e. The smallest absolute Gasteiger partial charge is 0.129 e. The molecule has 0 radical (unpaired) electrons. The van der Waals surface area contributed by atoms with E-state index in [9.17, 15) is 0 Å². The van der Waals surface area contributed by atoms with Crippen molar-refractivity contribution in [1.29, 1.82) is 0 Å². The Morgan fingerprint density at radius 2 is 1.81 bits per heavy atom. The third-order valence-corrected chi connectivity index (χ3v) is 3.82. The molecule has 21 heavy (non-hydrogen) atoms. The summed E-state index contributed by atoms with van der Waals surface area (Å²) in [6.45, 7) is 12.2. The first-order valence-electron chi connectivity index (χ1n) is 8.13. The van der Waals surface area contributed by atoms with Crippen LogP contribution in [0.4, 0.5) is 5.82 Å². The number of pyridine rings is 1. The van der Waals surface area contributed by atoms with Crippen LogP contribution in [0.1, 0.15) is 58.6 Å². The van der Waals surface area contributed by atoms with Gasteiger partial charge in [0.1, 0.15) is 5.82 Å². The number of aryl methyl sites for hydroxylation is 1. The van der Waals surface area contributed by atoms with Crippen molar-refractivity contribution in [3.63, 3.8) is 0 Å². The Balaban J connectivity index is 2.49. The molecule has 1 aromatic heterocycles. The maximum Gasteiger partial charge on any atom is 0.129 e. The number of benzene rings is 1. The number of hydrogen-bond donors (Lipinski definition) is 1. The summed E-state index contributed by atoms with van der Waals surface area (Å²) in [5.74, 6) is 1.06. The lowest BCUT2D eigenvalue weighted by atomic mass is 9.86. The van der Waals surface area contributed by atoms with Crippen molar-refractivity contribution >= 4 is 16.7 Å². The second kappa shape index (κ2) is 6.46. The fourth-order valence-corrected chi connectivity index (χ4v) is 2.54. The Hall–Kier alpha value is -1.57. The lowest BCUT2D eigenvalue weighted by Crippen LogP contribution is -2.11. The maximum absolute atomic E-state index is 4.84. The van der Waals surface area contributed by atoms with Crippen molar-refractivity contribution in [1.82, 2.24) is 4.98 Å². The first-order valence-corrected chi connectivity index (χ1v) is 8.13. The van der Waals surface area contributed by atoms with E-state index in [1.54, 1.807) is 0 Å². The minimum atomic E-state index is 0.179. The topological polar surface area (TPSA) is 24.9 Å². The molecule has 0 aliphatic heterocycles. The Kier molecular flexibility index (Phi) is 4.87. The number of nitrogens with one attached hydrogen (secondary N) is 1. The standard InChI is InChI=1S/C19H28N2/c1-6-8-14-12-15-13-16(19(3,4)5)9-10-17(15)21-18(14)20-11-7-2/h9-10,12-13H,6-8,11H2,1-5H3,(H,20,21). The van der Waals surface area contributed by atoms with Gasteiger partial charge in [-0.2, -0.15) is 0 Å². The molecule has 1 heterocycles. The van der Waals surface area contributed by atoms with E-state index < -0.39 is 0 Å². The van der Waals surface area contributed by atoms with Crippen molar-refractivity contribution in [3.8, 4) is 0 Å². The molecule has 0 aliphatic carbocycles. The summed E-state index contributed by atoms with van der Waals surface area (Å²) >= 11 is 0. The average Bonchev–Trinajstić information content (AvgIpc) is 2.43. The fourth-order valence-electron chi connectivity index (χ4n) is 2.54. The minimum Gasteiger partial charge on any atom is -0.370 e.